The fraction of sp³-hybridized carbons (Fsp3) is 0.875. The number of rotatable bonds is 5. The molecule has 2 rings (SSSR count). The molecule has 0 saturated carbocycles. The van der Waals surface area contributed by atoms with Crippen molar-refractivity contribution < 1.29 is 4.79 Å². The first-order chi connectivity index (χ1) is 10.6. The van der Waals surface area contributed by atoms with Gasteiger partial charge in [0.15, 0.2) is 5.96 Å². The van der Waals surface area contributed by atoms with Crippen molar-refractivity contribution in [2.45, 2.75) is 45.1 Å². The Hall–Kier alpha value is -0.570. The molecule has 0 aromatic rings. The van der Waals surface area contributed by atoms with Crippen LogP contribution in [0.4, 0.5) is 0 Å². The van der Waals surface area contributed by atoms with Gasteiger partial charge < -0.3 is 16.0 Å². The van der Waals surface area contributed by atoms with E-state index in [-0.39, 0.29) is 29.9 Å². The quantitative estimate of drug-likeness (QED) is 0.386. The van der Waals surface area contributed by atoms with Crippen LogP contribution in [0, 0.1) is 5.92 Å². The van der Waals surface area contributed by atoms with Crippen molar-refractivity contribution in [2.75, 3.05) is 39.8 Å². The number of nitrogens with zero attached hydrogens (tertiary/aromatic N) is 3. The molecule has 0 bridgehead atoms. The van der Waals surface area contributed by atoms with E-state index in [1.165, 1.54) is 19.4 Å². The summed E-state index contributed by atoms with van der Waals surface area (Å²) in [6, 6.07) is 0.618. The van der Waals surface area contributed by atoms with E-state index in [0.29, 0.717) is 18.4 Å². The first kappa shape index (κ1) is 20.5. The smallest absolute Gasteiger partial charge is 0.217 e. The number of piperidine rings is 1. The summed E-state index contributed by atoms with van der Waals surface area (Å²) in [6.07, 6.45) is 5.23. The number of guanidine groups is 1. The topological polar surface area (TPSA) is 74.0 Å². The van der Waals surface area contributed by atoms with Gasteiger partial charge in [0.05, 0.1) is 0 Å². The minimum absolute atomic E-state index is 0. The number of halogens is 1. The van der Waals surface area contributed by atoms with Crippen LogP contribution in [0.1, 0.15) is 39.0 Å². The number of primary amides is 1. The molecule has 0 spiro atoms. The van der Waals surface area contributed by atoms with Crippen LogP contribution >= 0.6 is 24.0 Å². The third kappa shape index (κ3) is 6.10. The fourth-order valence-corrected chi connectivity index (χ4v) is 3.79. The lowest BCUT2D eigenvalue weighted by atomic mass is 9.95. The van der Waals surface area contributed by atoms with Crippen molar-refractivity contribution in [3.05, 3.63) is 0 Å². The average molecular weight is 437 g/mol. The van der Waals surface area contributed by atoms with Gasteiger partial charge in [0.1, 0.15) is 0 Å². The van der Waals surface area contributed by atoms with Gasteiger partial charge in [0, 0.05) is 39.1 Å². The summed E-state index contributed by atoms with van der Waals surface area (Å²) in [6.45, 7) is 7.41. The lowest BCUT2D eigenvalue weighted by Crippen LogP contribution is -2.50. The number of hydrogen-bond donors (Lipinski definition) is 2. The van der Waals surface area contributed by atoms with Crippen molar-refractivity contribution in [2.24, 2.45) is 16.6 Å². The highest BCUT2D eigenvalue weighted by Gasteiger charge is 2.26. The highest BCUT2D eigenvalue weighted by atomic mass is 127. The van der Waals surface area contributed by atoms with Crippen molar-refractivity contribution >= 4 is 35.8 Å². The maximum absolute atomic E-state index is 11.1. The lowest BCUT2D eigenvalue weighted by Gasteiger charge is -2.35. The largest absolute Gasteiger partial charge is 0.370 e. The van der Waals surface area contributed by atoms with Crippen LogP contribution in [0.15, 0.2) is 4.99 Å². The molecule has 2 fully saturated rings. The normalized spacial score (nSPS) is 26.0. The SMILES string of the molecule is CCN1CCCC1CNC(=NC)N1CCCC(CC(N)=O)C1.I. The Morgan fingerprint density at radius 2 is 2.04 bits per heavy atom. The molecule has 2 aliphatic rings. The van der Waals surface area contributed by atoms with E-state index in [1.807, 2.05) is 7.05 Å². The Bertz CT molecular complexity index is 404. The molecule has 6 nitrogen and oxygen atoms in total. The fourth-order valence-electron chi connectivity index (χ4n) is 3.79. The highest BCUT2D eigenvalue weighted by Crippen LogP contribution is 2.20. The minimum Gasteiger partial charge on any atom is -0.370 e. The lowest BCUT2D eigenvalue weighted by molar-refractivity contribution is -0.119. The maximum Gasteiger partial charge on any atom is 0.217 e. The molecule has 0 aromatic carbocycles. The van der Waals surface area contributed by atoms with E-state index in [2.05, 4.69) is 27.0 Å². The number of likely N-dealkylation sites (N-methyl/N-ethyl adjacent to an activating group) is 1. The molecule has 3 N–H and O–H groups in total. The van der Waals surface area contributed by atoms with Gasteiger partial charge in [-0.25, -0.2) is 0 Å². The molecule has 7 heteroatoms. The second kappa shape index (κ2) is 10.3. The zero-order valence-electron chi connectivity index (χ0n) is 14.5. The molecule has 2 atom stereocenters. The Kier molecular flexibility index (Phi) is 9.19. The molecule has 0 aromatic heterocycles. The molecule has 0 aliphatic carbocycles. The molecule has 2 aliphatic heterocycles. The Balaban J connectivity index is 0.00000264. The number of carbonyl (C=O) groups excluding carboxylic acids is 1. The zero-order chi connectivity index (χ0) is 15.9. The van der Waals surface area contributed by atoms with Crippen LogP contribution in [0.25, 0.3) is 0 Å². The molecular formula is C16H32IN5O. The molecule has 2 unspecified atom stereocenters. The van der Waals surface area contributed by atoms with Gasteiger partial charge in [-0.1, -0.05) is 6.92 Å². The third-order valence-corrected chi connectivity index (χ3v) is 4.92. The van der Waals surface area contributed by atoms with E-state index < -0.39 is 0 Å². The number of aliphatic imine (C=N–C) groups is 1. The van der Waals surface area contributed by atoms with E-state index in [1.54, 1.807) is 0 Å². The Labute approximate surface area is 157 Å². The van der Waals surface area contributed by atoms with Crippen LogP contribution in [0.3, 0.4) is 0 Å². The molecular weight excluding hydrogens is 405 g/mol. The summed E-state index contributed by atoms with van der Waals surface area (Å²) in [7, 11) is 1.84. The number of amides is 1. The summed E-state index contributed by atoms with van der Waals surface area (Å²) in [5.74, 6) is 1.14. The number of nitrogens with two attached hydrogens (primary N) is 1. The van der Waals surface area contributed by atoms with E-state index in [4.69, 9.17) is 5.73 Å². The molecule has 2 saturated heterocycles. The summed E-state index contributed by atoms with van der Waals surface area (Å²) in [5.41, 5.74) is 5.34. The standard InChI is InChI=1S/C16H31N5O.HI/c1-3-20-8-5-7-14(20)11-19-16(18-2)21-9-4-6-13(12-21)10-15(17)22;/h13-14H,3-12H2,1-2H3,(H2,17,22)(H,18,19);1H. The second-order valence-corrected chi connectivity index (χ2v) is 6.48. The molecule has 2 heterocycles. The van der Waals surface area contributed by atoms with Gasteiger partial charge in [-0.05, 0) is 44.7 Å². The summed E-state index contributed by atoms with van der Waals surface area (Å²) in [5, 5.41) is 3.54. The first-order valence-electron chi connectivity index (χ1n) is 8.62. The molecule has 1 amide bonds. The predicted octanol–water partition coefficient (Wildman–Crippen LogP) is 1.25. The van der Waals surface area contributed by atoms with Crippen molar-refractivity contribution in [3.63, 3.8) is 0 Å². The van der Waals surface area contributed by atoms with Crippen molar-refractivity contribution in [1.82, 2.24) is 15.1 Å². The molecule has 23 heavy (non-hydrogen) atoms. The van der Waals surface area contributed by atoms with Gasteiger partial charge in [0.25, 0.3) is 0 Å². The highest BCUT2D eigenvalue weighted by molar-refractivity contribution is 14.0. The van der Waals surface area contributed by atoms with Crippen LogP contribution in [-0.4, -0.2) is 67.5 Å². The number of hydrogen-bond acceptors (Lipinski definition) is 3. The monoisotopic (exact) mass is 437 g/mol. The van der Waals surface area contributed by atoms with Crippen molar-refractivity contribution in [3.8, 4) is 0 Å². The molecule has 0 radical (unpaired) electrons. The van der Waals surface area contributed by atoms with Gasteiger partial charge in [-0.15, -0.1) is 24.0 Å². The van der Waals surface area contributed by atoms with E-state index >= 15 is 0 Å². The third-order valence-electron chi connectivity index (χ3n) is 4.92. The van der Waals surface area contributed by atoms with Gasteiger partial charge in [0.2, 0.25) is 5.91 Å². The number of nitrogens with one attached hydrogen (secondary N) is 1. The Morgan fingerprint density at radius 1 is 1.30 bits per heavy atom. The van der Waals surface area contributed by atoms with Gasteiger partial charge in [-0.3, -0.25) is 14.7 Å². The van der Waals surface area contributed by atoms with E-state index in [0.717, 1.165) is 45.0 Å². The molecule has 134 valence electrons. The predicted molar refractivity (Wildman–Crippen MR) is 105 cm³/mol. The van der Waals surface area contributed by atoms with Crippen LogP contribution in [-0.2, 0) is 4.79 Å². The van der Waals surface area contributed by atoms with Crippen molar-refractivity contribution in [1.29, 1.82) is 0 Å². The van der Waals surface area contributed by atoms with Gasteiger partial charge >= 0.3 is 0 Å². The second-order valence-electron chi connectivity index (χ2n) is 6.48. The van der Waals surface area contributed by atoms with Crippen LogP contribution < -0.4 is 11.1 Å². The average Bonchev–Trinajstić information content (AvgIpc) is 2.95. The van der Waals surface area contributed by atoms with Crippen LogP contribution in [0.2, 0.25) is 0 Å². The summed E-state index contributed by atoms with van der Waals surface area (Å²) in [4.78, 5) is 20.4. The number of carbonyl (C=O) groups is 1. The van der Waals surface area contributed by atoms with E-state index in [9.17, 15) is 4.79 Å². The minimum atomic E-state index is -0.195. The maximum atomic E-state index is 11.1. The summed E-state index contributed by atoms with van der Waals surface area (Å²) < 4.78 is 0. The zero-order valence-corrected chi connectivity index (χ0v) is 16.8. The first-order valence-corrected chi connectivity index (χ1v) is 8.62. The van der Waals surface area contributed by atoms with Gasteiger partial charge in [-0.2, -0.15) is 0 Å². The Morgan fingerprint density at radius 3 is 2.70 bits per heavy atom. The number of likely N-dealkylation sites (tertiary alicyclic amines) is 2. The van der Waals surface area contributed by atoms with Crippen LogP contribution in [0.5, 0.6) is 0 Å². The summed E-state index contributed by atoms with van der Waals surface area (Å²) >= 11 is 0.